The van der Waals surface area contributed by atoms with Crippen molar-refractivity contribution in [3.05, 3.63) is 48.2 Å². The molecule has 0 aliphatic heterocycles. The van der Waals surface area contributed by atoms with Gasteiger partial charge in [0.05, 0.1) is 18.5 Å². The van der Waals surface area contributed by atoms with E-state index in [1.807, 2.05) is 36.4 Å². The summed E-state index contributed by atoms with van der Waals surface area (Å²) in [7, 11) is 1.62. The molecule has 1 aromatic heterocycles. The first-order valence-corrected chi connectivity index (χ1v) is 6.04. The molecular formula is C13H11BrN2O2. The lowest BCUT2D eigenvalue weighted by atomic mass is 10.1. The van der Waals surface area contributed by atoms with Crippen molar-refractivity contribution >= 4 is 20.6 Å². The molecule has 0 saturated heterocycles. The van der Waals surface area contributed by atoms with Crippen LogP contribution in [0.2, 0.25) is 0 Å². The van der Waals surface area contributed by atoms with Crippen LogP contribution in [-0.2, 0) is 0 Å². The Morgan fingerprint density at radius 1 is 1.22 bits per heavy atom. The van der Waals surface area contributed by atoms with E-state index >= 15 is 0 Å². The number of para-hydroxylation sites is 1. The zero-order valence-electron chi connectivity index (χ0n) is 9.67. The predicted octanol–water partition coefficient (Wildman–Crippen LogP) is 3.29. The Morgan fingerprint density at radius 2 is 2.00 bits per heavy atom. The van der Waals surface area contributed by atoms with Gasteiger partial charge in [-0.15, -0.1) is 0 Å². The summed E-state index contributed by atoms with van der Waals surface area (Å²) in [5, 5.41) is 11.8. The first-order valence-electron chi connectivity index (χ1n) is 5.24. The molecule has 1 heterocycles. The van der Waals surface area contributed by atoms with E-state index in [-0.39, 0.29) is 0 Å². The first kappa shape index (κ1) is 12.6. The average molecular weight is 307 g/mol. The molecule has 0 atom stereocenters. The van der Waals surface area contributed by atoms with Crippen molar-refractivity contribution in [1.82, 2.24) is 4.98 Å². The summed E-state index contributed by atoms with van der Waals surface area (Å²) < 4.78 is 5.59. The van der Waals surface area contributed by atoms with Gasteiger partial charge in [0.25, 0.3) is 0 Å². The largest absolute Gasteiger partial charge is 0.496 e. The molecule has 0 unspecified atom stereocenters. The quantitative estimate of drug-likeness (QED) is 0.538. The number of hydrogen-bond donors (Lipinski definition) is 1. The zero-order chi connectivity index (χ0) is 13.0. The summed E-state index contributed by atoms with van der Waals surface area (Å²) in [6.07, 6.45) is 0. The maximum absolute atomic E-state index is 8.73. The van der Waals surface area contributed by atoms with Crippen LogP contribution in [0.25, 0.3) is 11.3 Å². The molecule has 5 heteroatoms. The first-order chi connectivity index (χ1) is 8.76. The summed E-state index contributed by atoms with van der Waals surface area (Å²) in [6, 6.07) is 13.1. The second kappa shape index (κ2) is 5.64. The fourth-order valence-electron chi connectivity index (χ4n) is 1.61. The number of halogens is 1. The van der Waals surface area contributed by atoms with E-state index in [4.69, 9.17) is 9.94 Å². The van der Waals surface area contributed by atoms with Gasteiger partial charge in [-0.2, -0.15) is 0 Å². The lowest BCUT2D eigenvalue weighted by Crippen LogP contribution is -1.97. The van der Waals surface area contributed by atoms with Crippen molar-refractivity contribution in [1.29, 1.82) is 0 Å². The van der Waals surface area contributed by atoms with E-state index in [0.717, 1.165) is 17.0 Å². The SMILES string of the molecule is COc1ccccc1-c1cccc(/C(Br)=N/O)n1. The standard InChI is InChI=1S/C13H11BrN2O2/c1-18-12-8-3-2-5-9(12)10-6-4-7-11(15-10)13(14)16-17/h2-8,17H,1H3/b16-13-. The molecule has 0 radical (unpaired) electrons. The van der Waals surface area contributed by atoms with Crippen LogP contribution in [0.3, 0.4) is 0 Å². The van der Waals surface area contributed by atoms with E-state index in [0.29, 0.717) is 10.3 Å². The smallest absolute Gasteiger partial charge is 0.170 e. The van der Waals surface area contributed by atoms with E-state index in [1.165, 1.54) is 0 Å². The molecular weight excluding hydrogens is 296 g/mol. The van der Waals surface area contributed by atoms with Crippen molar-refractivity contribution in [2.24, 2.45) is 5.16 Å². The van der Waals surface area contributed by atoms with Crippen molar-refractivity contribution in [3.8, 4) is 17.0 Å². The molecule has 1 N–H and O–H groups in total. The van der Waals surface area contributed by atoms with Crippen LogP contribution in [0.5, 0.6) is 5.75 Å². The van der Waals surface area contributed by atoms with Crippen molar-refractivity contribution in [3.63, 3.8) is 0 Å². The average Bonchev–Trinajstić information content (AvgIpc) is 2.46. The third-order valence-electron chi connectivity index (χ3n) is 2.43. The van der Waals surface area contributed by atoms with Gasteiger partial charge >= 0.3 is 0 Å². The minimum Gasteiger partial charge on any atom is -0.496 e. The number of hydrogen-bond acceptors (Lipinski definition) is 4. The number of aromatic nitrogens is 1. The van der Waals surface area contributed by atoms with Gasteiger partial charge in [-0.05, 0) is 40.2 Å². The predicted molar refractivity (Wildman–Crippen MR) is 73.5 cm³/mol. The van der Waals surface area contributed by atoms with Crippen LogP contribution in [0.4, 0.5) is 0 Å². The Kier molecular flexibility index (Phi) is 3.94. The molecule has 92 valence electrons. The number of pyridine rings is 1. The minimum absolute atomic E-state index is 0.291. The van der Waals surface area contributed by atoms with Crippen molar-refractivity contribution in [2.75, 3.05) is 7.11 Å². The van der Waals surface area contributed by atoms with Crippen molar-refractivity contribution in [2.45, 2.75) is 0 Å². The Labute approximate surface area is 113 Å². The maximum Gasteiger partial charge on any atom is 0.170 e. The van der Waals surface area contributed by atoms with Crippen LogP contribution < -0.4 is 4.74 Å². The van der Waals surface area contributed by atoms with Crippen LogP contribution in [-0.4, -0.2) is 21.9 Å². The van der Waals surface area contributed by atoms with Gasteiger partial charge in [0.15, 0.2) is 4.62 Å². The summed E-state index contributed by atoms with van der Waals surface area (Å²) in [6.45, 7) is 0. The molecule has 0 bridgehead atoms. The lowest BCUT2D eigenvalue weighted by molar-refractivity contribution is 0.321. The van der Waals surface area contributed by atoms with Gasteiger partial charge in [-0.25, -0.2) is 4.98 Å². The Morgan fingerprint density at radius 3 is 2.72 bits per heavy atom. The molecule has 2 rings (SSSR count). The summed E-state index contributed by atoms with van der Waals surface area (Å²) in [4.78, 5) is 4.40. The van der Waals surface area contributed by atoms with Crippen LogP contribution in [0, 0.1) is 0 Å². The van der Waals surface area contributed by atoms with E-state index in [2.05, 4.69) is 26.1 Å². The summed E-state index contributed by atoms with van der Waals surface area (Å²) in [5.41, 5.74) is 2.20. The molecule has 1 aromatic carbocycles. The van der Waals surface area contributed by atoms with Gasteiger partial charge in [0.1, 0.15) is 5.75 Å². The fourth-order valence-corrected chi connectivity index (χ4v) is 1.83. The number of ether oxygens (including phenoxy) is 1. The molecule has 2 aromatic rings. The van der Waals surface area contributed by atoms with Gasteiger partial charge < -0.3 is 9.94 Å². The molecule has 0 aliphatic rings. The molecule has 0 spiro atoms. The zero-order valence-corrected chi connectivity index (χ0v) is 11.3. The fraction of sp³-hybridized carbons (Fsp3) is 0.0769. The highest BCUT2D eigenvalue weighted by Gasteiger charge is 2.08. The second-order valence-electron chi connectivity index (χ2n) is 3.50. The summed E-state index contributed by atoms with van der Waals surface area (Å²) in [5.74, 6) is 0.749. The van der Waals surface area contributed by atoms with Gasteiger partial charge in [-0.1, -0.05) is 23.4 Å². The molecule has 0 amide bonds. The third-order valence-corrected chi connectivity index (χ3v) is 3.00. The monoisotopic (exact) mass is 306 g/mol. The summed E-state index contributed by atoms with van der Waals surface area (Å²) >= 11 is 3.13. The maximum atomic E-state index is 8.73. The van der Waals surface area contributed by atoms with Crippen LogP contribution in [0.1, 0.15) is 5.69 Å². The van der Waals surface area contributed by atoms with Gasteiger partial charge in [0, 0.05) is 5.56 Å². The molecule has 4 nitrogen and oxygen atoms in total. The van der Waals surface area contributed by atoms with Crippen molar-refractivity contribution < 1.29 is 9.94 Å². The number of nitrogens with zero attached hydrogens (tertiary/aromatic N) is 2. The van der Waals surface area contributed by atoms with Gasteiger partial charge in [-0.3, -0.25) is 0 Å². The topological polar surface area (TPSA) is 54.7 Å². The van der Waals surface area contributed by atoms with E-state index in [1.54, 1.807) is 13.2 Å². The highest BCUT2D eigenvalue weighted by atomic mass is 79.9. The normalized spacial score (nSPS) is 11.3. The minimum atomic E-state index is 0.291. The number of methoxy groups -OCH3 is 1. The van der Waals surface area contributed by atoms with Crippen LogP contribution in [0.15, 0.2) is 47.6 Å². The molecule has 18 heavy (non-hydrogen) atoms. The number of rotatable bonds is 3. The highest BCUT2D eigenvalue weighted by Crippen LogP contribution is 2.28. The van der Waals surface area contributed by atoms with E-state index in [9.17, 15) is 0 Å². The Bertz CT molecular complexity index is 585. The van der Waals surface area contributed by atoms with E-state index < -0.39 is 0 Å². The number of benzene rings is 1. The Balaban J connectivity index is 2.51. The second-order valence-corrected chi connectivity index (χ2v) is 4.25. The number of oxime groups is 1. The molecule has 0 aliphatic carbocycles. The molecule has 0 saturated carbocycles. The highest BCUT2D eigenvalue weighted by molar-refractivity contribution is 9.18. The van der Waals surface area contributed by atoms with Gasteiger partial charge in [0.2, 0.25) is 0 Å². The lowest BCUT2D eigenvalue weighted by Gasteiger charge is -2.08. The third kappa shape index (κ3) is 2.51. The molecule has 0 fully saturated rings. The van der Waals surface area contributed by atoms with Crippen LogP contribution >= 0.6 is 15.9 Å². The Hall–Kier alpha value is -1.88.